The Balaban J connectivity index is 1.67. The molecule has 134 valence electrons. The Morgan fingerprint density at radius 3 is 2.73 bits per heavy atom. The fourth-order valence-electron chi connectivity index (χ4n) is 3.47. The first-order valence-corrected chi connectivity index (χ1v) is 8.71. The maximum atomic E-state index is 13.9. The van der Waals surface area contributed by atoms with Gasteiger partial charge in [0.2, 0.25) is 5.91 Å². The summed E-state index contributed by atoms with van der Waals surface area (Å²) >= 11 is 0. The van der Waals surface area contributed by atoms with Gasteiger partial charge in [-0.25, -0.2) is 4.39 Å². The monoisotopic (exact) mass is 353 g/mol. The molecule has 1 aliphatic carbocycles. The Hall–Kier alpha value is -2.76. The Bertz CT molecular complexity index is 935. The van der Waals surface area contributed by atoms with E-state index < -0.39 is 17.1 Å². The lowest BCUT2D eigenvalue weighted by molar-refractivity contribution is -0.122. The molecule has 2 aliphatic rings. The zero-order chi connectivity index (χ0) is 18.6. The molecular weight excluding hydrogens is 333 g/mol. The van der Waals surface area contributed by atoms with Crippen LogP contribution in [0.2, 0.25) is 0 Å². The van der Waals surface area contributed by atoms with Crippen LogP contribution in [0.15, 0.2) is 30.5 Å². The molecule has 0 saturated heterocycles. The van der Waals surface area contributed by atoms with Crippen LogP contribution in [0.25, 0.3) is 0 Å². The topological polar surface area (TPSA) is 62.3 Å². The van der Waals surface area contributed by atoms with Crippen LogP contribution in [-0.4, -0.2) is 22.8 Å². The summed E-state index contributed by atoms with van der Waals surface area (Å²) in [7, 11) is 0. The predicted octanol–water partition coefficient (Wildman–Crippen LogP) is 3.57. The Morgan fingerprint density at radius 1 is 1.31 bits per heavy atom. The van der Waals surface area contributed by atoms with Crippen LogP contribution in [0.1, 0.15) is 48.3 Å². The van der Waals surface area contributed by atoms with Gasteiger partial charge in [0.15, 0.2) is 5.82 Å². The second-order valence-electron chi connectivity index (χ2n) is 7.52. The van der Waals surface area contributed by atoms with E-state index in [0.717, 1.165) is 30.3 Å². The van der Waals surface area contributed by atoms with Crippen LogP contribution in [0.4, 0.5) is 15.8 Å². The molecule has 0 radical (unpaired) electrons. The fraction of sp³-hybridized carbons (Fsp3) is 0.350. The minimum Gasteiger partial charge on any atom is -0.322 e. The van der Waals surface area contributed by atoms with Crippen molar-refractivity contribution in [3.05, 3.63) is 53.1 Å². The highest BCUT2D eigenvalue weighted by molar-refractivity contribution is 6.10. The fourth-order valence-corrected chi connectivity index (χ4v) is 3.47. The first-order chi connectivity index (χ1) is 12.3. The number of aromatic nitrogens is 1. The maximum Gasteiger partial charge on any atom is 0.258 e. The van der Waals surface area contributed by atoms with Gasteiger partial charge in [-0.05, 0) is 57.4 Å². The van der Waals surface area contributed by atoms with Gasteiger partial charge in [-0.3, -0.25) is 14.6 Å². The van der Waals surface area contributed by atoms with Crippen molar-refractivity contribution < 1.29 is 14.0 Å². The van der Waals surface area contributed by atoms with Crippen LogP contribution in [-0.2, 0) is 10.2 Å². The standard InChI is InChI=1S/C20H20FN3O2/c1-11-8-14(16(21)10-22-11)18(25)23-12-4-7-15-17(9-12)24(13-5-6-13)19(26)20(15,2)3/h4,7-10,13H,5-6H2,1-3H3,(H,23,25). The smallest absolute Gasteiger partial charge is 0.258 e. The molecule has 2 amide bonds. The normalized spacial score (nSPS) is 18.0. The van der Waals surface area contributed by atoms with E-state index in [1.807, 2.05) is 30.9 Å². The first-order valence-electron chi connectivity index (χ1n) is 8.71. The number of fused-ring (bicyclic) bond motifs is 1. The molecular formula is C20H20FN3O2. The van der Waals surface area contributed by atoms with Crippen LogP contribution in [0.3, 0.4) is 0 Å². The van der Waals surface area contributed by atoms with E-state index in [1.54, 1.807) is 13.0 Å². The molecule has 1 N–H and O–H groups in total. The highest BCUT2D eigenvalue weighted by Gasteiger charge is 2.48. The molecule has 0 spiro atoms. The van der Waals surface area contributed by atoms with Crippen molar-refractivity contribution in [1.29, 1.82) is 0 Å². The quantitative estimate of drug-likeness (QED) is 0.918. The van der Waals surface area contributed by atoms with Crippen molar-refractivity contribution in [2.45, 2.75) is 45.1 Å². The van der Waals surface area contributed by atoms with Gasteiger partial charge in [-0.1, -0.05) is 6.07 Å². The number of carbonyl (C=O) groups excluding carboxylic acids is 2. The number of nitrogens with zero attached hydrogens (tertiary/aromatic N) is 2. The number of pyridine rings is 1. The van der Waals surface area contributed by atoms with Gasteiger partial charge < -0.3 is 10.2 Å². The summed E-state index contributed by atoms with van der Waals surface area (Å²) in [6, 6.07) is 7.10. The summed E-state index contributed by atoms with van der Waals surface area (Å²) in [6.07, 6.45) is 3.04. The zero-order valence-corrected chi connectivity index (χ0v) is 15.0. The molecule has 0 atom stereocenters. The van der Waals surface area contributed by atoms with Crippen LogP contribution in [0.5, 0.6) is 0 Å². The minimum atomic E-state index is -0.662. The molecule has 1 aromatic carbocycles. The third kappa shape index (κ3) is 2.57. The molecule has 6 heteroatoms. The zero-order valence-electron chi connectivity index (χ0n) is 15.0. The minimum absolute atomic E-state index is 0.0477. The van der Waals surface area contributed by atoms with E-state index in [0.29, 0.717) is 11.4 Å². The number of aryl methyl sites for hydroxylation is 1. The van der Waals surface area contributed by atoms with Gasteiger partial charge in [0.1, 0.15) is 0 Å². The molecule has 2 aromatic rings. The predicted molar refractivity (Wildman–Crippen MR) is 96.9 cm³/mol. The highest BCUT2D eigenvalue weighted by atomic mass is 19.1. The van der Waals surface area contributed by atoms with E-state index in [4.69, 9.17) is 0 Å². The summed E-state index contributed by atoms with van der Waals surface area (Å²) in [5, 5.41) is 2.73. The number of hydrogen-bond acceptors (Lipinski definition) is 3. The molecule has 0 bridgehead atoms. The van der Waals surface area contributed by atoms with Crippen LogP contribution < -0.4 is 10.2 Å². The van der Waals surface area contributed by atoms with Gasteiger partial charge in [0.25, 0.3) is 5.91 Å². The molecule has 1 fully saturated rings. The van der Waals surface area contributed by atoms with Crippen molar-refractivity contribution in [3.63, 3.8) is 0 Å². The number of rotatable bonds is 3. The largest absolute Gasteiger partial charge is 0.322 e. The Morgan fingerprint density at radius 2 is 2.04 bits per heavy atom. The Kier molecular flexibility index (Phi) is 3.61. The molecule has 1 saturated carbocycles. The van der Waals surface area contributed by atoms with Crippen LogP contribution in [0, 0.1) is 12.7 Å². The number of benzene rings is 1. The van der Waals surface area contributed by atoms with E-state index in [2.05, 4.69) is 10.3 Å². The lowest BCUT2D eigenvalue weighted by Gasteiger charge is -2.19. The molecule has 26 heavy (non-hydrogen) atoms. The van der Waals surface area contributed by atoms with E-state index in [1.165, 1.54) is 6.07 Å². The second kappa shape index (κ2) is 5.62. The first kappa shape index (κ1) is 16.7. The van der Waals surface area contributed by atoms with E-state index in [9.17, 15) is 14.0 Å². The summed E-state index contributed by atoms with van der Waals surface area (Å²) in [6.45, 7) is 5.54. The van der Waals surface area contributed by atoms with E-state index >= 15 is 0 Å². The lowest BCUT2D eigenvalue weighted by atomic mass is 9.86. The van der Waals surface area contributed by atoms with Crippen LogP contribution >= 0.6 is 0 Å². The number of anilines is 2. The van der Waals surface area contributed by atoms with Crippen molar-refractivity contribution in [3.8, 4) is 0 Å². The lowest BCUT2D eigenvalue weighted by Crippen LogP contribution is -2.37. The SMILES string of the molecule is Cc1cc(C(=O)Nc2ccc3c(c2)N(C2CC2)C(=O)C3(C)C)c(F)cn1. The van der Waals surface area contributed by atoms with Crippen molar-refractivity contribution >= 4 is 23.2 Å². The molecule has 2 heterocycles. The number of amides is 2. The molecule has 1 aliphatic heterocycles. The van der Waals surface area contributed by atoms with Crippen molar-refractivity contribution in [2.24, 2.45) is 0 Å². The van der Waals surface area contributed by atoms with Gasteiger partial charge >= 0.3 is 0 Å². The molecule has 5 nitrogen and oxygen atoms in total. The summed E-state index contributed by atoms with van der Waals surface area (Å²) in [5.74, 6) is -1.10. The van der Waals surface area contributed by atoms with Crippen molar-refractivity contribution in [2.75, 3.05) is 10.2 Å². The molecule has 0 unspecified atom stereocenters. The maximum absolute atomic E-state index is 13.9. The molecule has 1 aromatic heterocycles. The number of nitrogens with one attached hydrogen (secondary N) is 1. The second-order valence-corrected chi connectivity index (χ2v) is 7.52. The number of halogens is 1. The number of hydrogen-bond donors (Lipinski definition) is 1. The summed E-state index contributed by atoms with van der Waals surface area (Å²) in [5.41, 5.74) is 2.28. The van der Waals surface area contributed by atoms with Gasteiger partial charge in [0, 0.05) is 17.4 Å². The number of carbonyl (C=O) groups is 2. The van der Waals surface area contributed by atoms with Crippen molar-refractivity contribution in [1.82, 2.24) is 4.98 Å². The summed E-state index contributed by atoms with van der Waals surface area (Å²) in [4.78, 5) is 30.9. The third-order valence-electron chi connectivity index (χ3n) is 5.09. The van der Waals surface area contributed by atoms with Gasteiger partial charge in [0.05, 0.1) is 22.9 Å². The highest BCUT2D eigenvalue weighted by Crippen LogP contribution is 2.47. The Labute approximate surface area is 151 Å². The average molecular weight is 353 g/mol. The summed E-state index contributed by atoms with van der Waals surface area (Å²) < 4.78 is 13.9. The van der Waals surface area contributed by atoms with Gasteiger partial charge in [-0.15, -0.1) is 0 Å². The average Bonchev–Trinajstić information content (AvgIpc) is 3.39. The van der Waals surface area contributed by atoms with E-state index in [-0.39, 0.29) is 17.5 Å². The molecule has 4 rings (SSSR count). The third-order valence-corrected chi connectivity index (χ3v) is 5.09. The van der Waals surface area contributed by atoms with Gasteiger partial charge in [-0.2, -0.15) is 0 Å².